The molecule has 0 aliphatic rings. The second kappa shape index (κ2) is 10.8. The topological polar surface area (TPSA) is 154 Å². The van der Waals surface area contributed by atoms with E-state index in [-0.39, 0.29) is 34.2 Å². The molecule has 11 heteroatoms. The van der Waals surface area contributed by atoms with Crippen molar-refractivity contribution in [2.24, 2.45) is 0 Å². The molecule has 184 valence electrons. The highest BCUT2D eigenvalue weighted by atomic mass is 35.5. The van der Waals surface area contributed by atoms with Crippen LogP contribution in [0.1, 0.15) is 36.6 Å². The van der Waals surface area contributed by atoms with Gasteiger partial charge in [-0.15, -0.1) is 0 Å². The molecule has 5 N–H and O–H groups in total. The highest BCUT2D eigenvalue weighted by Crippen LogP contribution is 2.20. The molecule has 4 rings (SSSR count). The van der Waals surface area contributed by atoms with E-state index in [1.165, 1.54) is 36.8 Å². The molecule has 36 heavy (non-hydrogen) atoms. The van der Waals surface area contributed by atoms with E-state index in [2.05, 4.69) is 20.9 Å². The van der Waals surface area contributed by atoms with Crippen LogP contribution in [0.4, 0.5) is 0 Å². The van der Waals surface area contributed by atoms with Gasteiger partial charge in [-0.05, 0) is 42.0 Å². The van der Waals surface area contributed by atoms with Crippen molar-refractivity contribution in [1.82, 2.24) is 20.9 Å². The molecule has 2 heterocycles. The minimum absolute atomic E-state index is 0.0160. The lowest BCUT2D eigenvalue weighted by Crippen LogP contribution is -2.48. The Bertz CT molecular complexity index is 1430. The number of hydrogen-bond donors (Lipinski definition) is 5. The lowest BCUT2D eigenvalue weighted by atomic mass is 10.1. The van der Waals surface area contributed by atoms with Crippen LogP contribution in [0.3, 0.4) is 0 Å². The second-order valence-electron chi connectivity index (χ2n) is 7.82. The molecule has 0 aliphatic heterocycles. The first-order chi connectivity index (χ1) is 17.3. The molecule has 0 unspecified atom stereocenters. The monoisotopic (exact) mass is 508 g/mol. The number of furan rings is 1. The maximum Gasteiger partial charge on any atom is 0.328 e. The van der Waals surface area contributed by atoms with Crippen LogP contribution in [-0.4, -0.2) is 46.4 Å². The molecule has 10 nitrogen and oxygen atoms in total. The summed E-state index contributed by atoms with van der Waals surface area (Å²) in [4.78, 5) is 52.0. The van der Waals surface area contributed by atoms with Crippen LogP contribution in [0.5, 0.6) is 0 Å². The van der Waals surface area contributed by atoms with Crippen molar-refractivity contribution in [3.05, 3.63) is 94.5 Å². The van der Waals surface area contributed by atoms with Gasteiger partial charge in [0.1, 0.15) is 12.3 Å². The normalized spacial score (nSPS) is 11.6. The SMILES string of the molecule is O=C(NCc1cccc2[nH]ccc12)c1ccc(C(=O)N[C@@H](CNC(=O)c2ccoc2)C(=O)O)c(Cl)c1. The van der Waals surface area contributed by atoms with E-state index in [0.29, 0.717) is 6.54 Å². The largest absolute Gasteiger partial charge is 0.480 e. The van der Waals surface area contributed by atoms with Crippen molar-refractivity contribution >= 4 is 46.2 Å². The summed E-state index contributed by atoms with van der Waals surface area (Å²) in [6.45, 7) is -0.0736. The molecule has 0 saturated heterocycles. The van der Waals surface area contributed by atoms with Crippen molar-refractivity contribution in [2.45, 2.75) is 12.6 Å². The number of aromatic nitrogens is 1. The fourth-order valence-corrected chi connectivity index (χ4v) is 3.82. The van der Waals surface area contributed by atoms with Gasteiger partial charge in [-0.25, -0.2) is 4.79 Å². The van der Waals surface area contributed by atoms with Crippen LogP contribution in [0.25, 0.3) is 10.9 Å². The van der Waals surface area contributed by atoms with Crippen LogP contribution >= 0.6 is 11.6 Å². The Labute approximate surface area is 209 Å². The lowest BCUT2D eigenvalue weighted by molar-refractivity contribution is -0.139. The van der Waals surface area contributed by atoms with E-state index in [0.717, 1.165) is 16.5 Å². The van der Waals surface area contributed by atoms with Gasteiger partial charge in [-0.3, -0.25) is 14.4 Å². The second-order valence-corrected chi connectivity index (χ2v) is 8.23. The zero-order valence-corrected chi connectivity index (χ0v) is 19.5. The average Bonchev–Trinajstić information content (AvgIpc) is 3.57. The zero-order valence-electron chi connectivity index (χ0n) is 18.7. The molecule has 0 fully saturated rings. The van der Waals surface area contributed by atoms with Crippen molar-refractivity contribution in [1.29, 1.82) is 0 Å². The van der Waals surface area contributed by atoms with Crippen LogP contribution in [0, 0.1) is 0 Å². The minimum atomic E-state index is -1.41. The van der Waals surface area contributed by atoms with Crippen LogP contribution in [-0.2, 0) is 11.3 Å². The highest BCUT2D eigenvalue weighted by molar-refractivity contribution is 6.34. The van der Waals surface area contributed by atoms with Gasteiger partial charge in [0.25, 0.3) is 17.7 Å². The van der Waals surface area contributed by atoms with E-state index >= 15 is 0 Å². The molecule has 4 aromatic rings. The molecular formula is C25H21ClN4O6. The van der Waals surface area contributed by atoms with Crippen molar-refractivity contribution in [2.75, 3.05) is 6.54 Å². The minimum Gasteiger partial charge on any atom is -0.480 e. The first-order valence-corrected chi connectivity index (χ1v) is 11.2. The maximum absolute atomic E-state index is 12.7. The zero-order chi connectivity index (χ0) is 25.7. The van der Waals surface area contributed by atoms with Gasteiger partial charge >= 0.3 is 5.97 Å². The smallest absolute Gasteiger partial charge is 0.328 e. The summed E-state index contributed by atoms with van der Waals surface area (Å²) in [6.07, 6.45) is 4.34. The number of rotatable bonds is 9. The summed E-state index contributed by atoms with van der Waals surface area (Å²) < 4.78 is 4.81. The molecule has 0 saturated carbocycles. The maximum atomic E-state index is 12.7. The van der Waals surface area contributed by atoms with E-state index in [4.69, 9.17) is 16.0 Å². The number of carbonyl (C=O) groups excluding carboxylic acids is 3. The summed E-state index contributed by atoms with van der Waals surface area (Å²) in [5, 5.41) is 18.0. The van der Waals surface area contributed by atoms with Gasteiger partial charge < -0.3 is 30.5 Å². The Hall–Kier alpha value is -4.57. The Morgan fingerprint density at radius 3 is 2.50 bits per heavy atom. The van der Waals surface area contributed by atoms with Gasteiger partial charge in [0, 0.05) is 35.8 Å². The van der Waals surface area contributed by atoms with Crippen LogP contribution in [0.2, 0.25) is 5.02 Å². The number of halogens is 1. The molecular weight excluding hydrogens is 488 g/mol. The number of amides is 3. The van der Waals surface area contributed by atoms with Crippen LogP contribution < -0.4 is 16.0 Å². The summed E-state index contributed by atoms with van der Waals surface area (Å²) in [5.74, 6) is -3.05. The Morgan fingerprint density at radius 1 is 0.972 bits per heavy atom. The fraction of sp³-hybridized carbons (Fsp3) is 0.120. The van der Waals surface area contributed by atoms with Crippen molar-refractivity contribution in [3.63, 3.8) is 0 Å². The summed E-state index contributed by atoms with van der Waals surface area (Å²) >= 11 is 6.23. The summed E-state index contributed by atoms with van der Waals surface area (Å²) in [7, 11) is 0. The number of carboxylic acids is 1. The van der Waals surface area contributed by atoms with Crippen molar-refractivity contribution < 1.29 is 28.7 Å². The van der Waals surface area contributed by atoms with Crippen LogP contribution in [0.15, 0.2) is 71.7 Å². The molecule has 1 atom stereocenters. The molecule has 0 radical (unpaired) electrons. The number of benzene rings is 2. The Kier molecular flexibility index (Phi) is 7.36. The summed E-state index contributed by atoms with van der Waals surface area (Å²) in [5.41, 5.74) is 2.33. The average molecular weight is 509 g/mol. The lowest BCUT2D eigenvalue weighted by Gasteiger charge is -2.16. The first-order valence-electron chi connectivity index (χ1n) is 10.8. The predicted molar refractivity (Wildman–Crippen MR) is 131 cm³/mol. The number of nitrogens with one attached hydrogen (secondary N) is 4. The molecule has 0 aliphatic carbocycles. The van der Waals surface area contributed by atoms with E-state index < -0.39 is 23.8 Å². The predicted octanol–water partition coefficient (Wildman–Crippen LogP) is 2.96. The van der Waals surface area contributed by atoms with Gasteiger partial charge in [-0.2, -0.15) is 0 Å². The van der Waals surface area contributed by atoms with Gasteiger partial charge in [0.15, 0.2) is 0 Å². The number of fused-ring (bicyclic) bond motifs is 1. The van der Waals surface area contributed by atoms with E-state index in [9.17, 15) is 24.3 Å². The van der Waals surface area contributed by atoms with E-state index in [1.807, 2.05) is 30.5 Å². The Balaban J connectivity index is 1.37. The van der Waals surface area contributed by atoms with Gasteiger partial charge in [0.05, 0.1) is 22.4 Å². The first kappa shape index (κ1) is 24.6. The molecule has 0 spiro atoms. The van der Waals surface area contributed by atoms with Gasteiger partial charge in [0.2, 0.25) is 0 Å². The number of aromatic amines is 1. The third-order valence-corrected chi connectivity index (χ3v) is 5.77. The number of H-pyrrole nitrogens is 1. The number of carboxylic acid groups (broad SMARTS) is 1. The molecule has 3 amide bonds. The molecule has 2 aromatic carbocycles. The molecule has 0 bridgehead atoms. The number of carbonyl (C=O) groups is 4. The fourth-order valence-electron chi connectivity index (χ4n) is 3.55. The Morgan fingerprint density at radius 2 is 1.78 bits per heavy atom. The molecule has 2 aromatic heterocycles. The number of aliphatic carboxylic acids is 1. The third kappa shape index (κ3) is 5.56. The summed E-state index contributed by atoms with van der Waals surface area (Å²) in [6, 6.07) is 11.8. The van der Waals surface area contributed by atoms with Crippen molar-refractivity contribution in [3.8, 4) is 0 Å². The standard InChI is InChI=1S/C25H21ClN4O6/c26-19-10-14(22(31)28-11-15-2-1-3-20-17(15)6-8-27-20)4-5-18(19)24(33)30-21(25(34)35)12-29-23(32)16-7-9-36-13-16/h1-10,13,21,27H,11-12H2,(H,28,31)(H,29,32)(H,30,33)(H,34,35)/t21-/m0/s1. The van der Waals surface area contributed by atoms with E-state index in [1.54, 1.807) is 0 Å². The highest BCUT2D eigenvalue weighted by Gasteiger charge is 2.23. The quantitative estimate of drug-likeness (QED) is 0.234. The van der Waals surface area contributed by atoms with Gasteiger partial charge in [-0.1, -0.05) is 23.7 Å². The third-order valence-electron chi connectivity index (χ3n) is 5.45. The number of hydrogen-bond acceptors (Lipinski definition) is 5.